The van der Waals surface area contributed by atoms with Crippen molar-refractivity contribution in [2.24, 2.45) is 0 Å². The van der Waals surface area contributed by atoms with Crippen LogP contribution in [0.5, 0.6) is 0 Å². The van der Waals surface area contributed by atoms with Crippen LogP contribution in [-0.4, -0.2) is 10.5 Å². The van der Waals surface area contributed by atoms with Crippen molar-refractivity contribution in [1.29, 1.82) is 0 Å². The molecule has 0 unspecified atom stereocenters. The molecule has 3 nitrogen and oxygen atoms in total. The van der Waals surface area contributed by atoms with Gasteiger partial charge in [0.25, 0.3) is 0 Å². The summed E-state index contributed by atoms with van der Waals surface area (Å²) in [5.41, 5.74) is 3.37. The van der Waals surface area contributed by atoms with Gasteiger partial charge in [-0.3, -0.25) is 4.79 Å². The van der Waals surface area contributed by atoms with E-state index in [1.807, 2.05) is 47.2 Å². The number of esters is 1. The zero-order valence-corrected chi connectivity index (χ0v) is 13.5. The highest BCUT2D eigenvalue weighted by molar-refractivity contribution is 5.82. The highest BCUT2D eigenvalue weighted by atomic mass is 16.5. The lowest BCUT2D eigenvalue weighted by molar-refractivity contribution is -0.145. The van der Waals surface area contributed by atoms with E-state index in [1.54, 1.807) is 0 Å². The van der Waals surface area contributed by atoms with Gasteiger partial charge in [0.1, 0.15) is 13.2 Å². The predicted octanol–water partition coefficient (Wildman–Crippen LogP) is 4.51. The van der Waals surface area contributed by atoms with Crippen molar-refractivity contribution in [3.8, 4) is 0 Å². The molecule has 0 bridgehead atoms. The average Bonchev–Trinajstić information content (AvgIpc) is 2.96. The van der Waals surface area contributed by atoms with Crippen LogP contribution in [0, 0.1) is 0 Å². The van der Waals surface area contributed by atoms with Crippen LogP contribution in [0.15, 0.2) is 60.8 Å². The lowest BCUT2D eigenvalue weighted by Gasteiger charge is -2.08. The number of benzene rings is 2. The van der Waals surface area contributed by atoms with E-state index in [0.29, 0.717) is 12.5 Å². The zero-order valence-electron chi connectivity index (χ0n) is 13.5. The molecule has 118 valence electrons. The number of ether oxygens (including phenoxy) is 1. The Kier molecular flexibility index (Phi) is 4.47. The third-order valence-corrected chi connectivity index (χ3v) is 4.00. The molecule has 1 aromatic heterocycles. The quantitative estimate of drug-likeness (QED) is 0.649. The molecule has 0 saturated carbocycles. The second-order valence-corrected chi connectivity index (χ2v) is 6.06. The Hall–Kier alpha value is -2.55. The van der Waals surface area contributed by atoms with Gasteiger partial charge in [-0.1, -0.05) is 50.2 Å². The summed E-state index contributed by atoms with van der Waals surface area (Å²) in [5, 5.41) is 1.16. The number of fused-ring (bicyclic) bond motifs is 1. The molecule has 3 rings (SSSR count). The molecule has 0 spiro atoms. The molecule has 0 aliphatic carbocycles. The first-order chi connectivity index (χ1) is 11.1. The highest BCUT2D eigenvalue weighted by Crippen LogP contribution is 2.22. The molecule has 0 aliphatic heterocycles. The first-order valence-corrected chi connectivity index (χ1v) is 7.92. The minimum Gasteiger partial charge on any atom is -0.459 e. The molecular weight excluding hydrogens is 286 g/mol. The van der Waals surface area contributed by atoms with Gasteiger partial charge in [-0.25, -0.2) is 0 Å². The first kappa shape index (κ1) is 15.3. The number of rotatable bonds is 5. The van der Waals surface area contributed by atoms with Crippen molar-refractivity contribution >= 4 is 16.9 Å². The SMILES string of the molecule is CC(C)c1ccc2c(ccn2CC(=O)OCc2ccccc2)c1. The Balaban J connectivity index is 1.68. The van der Waals surface area contributed by atoms with Gasteiger partial charge in [-0.05, 0) is 40.6 Å². The van der Waals surface area contributed by atoms with E-state index in [4.69, 9.17) is 4.74 Å². The van der Waals surface area contributed by atoms with E-state index in [-0.39, 0.29) is 12.5 Å². The summed E-state index contributed by atoms with van der Waals surface area (Å²) in [6, 6.07) is 18.2. The Labute approximate surface area is 136 Å². The molecule has 2 aromatic carbocycles. The fraction of sp³-hybridized carbons (Fsp3) is 0.250. The third kappa shape index (κ3) is 3.62. The van der Waals surface area contributed by atoms with E-state index in [1.165, 1.54) is 5.56 Å². The molecule has 0 fully saturated rings. The Bertz CT molecular complexity index is 803. The van der Waals surface area contributed by atoms with E-state index in [2.05, 4.69) is 32.0 Å². The Morgan fingerprint density at radius 2 is 1.87 bits per heavy atom. The van der Waals surface area contributed by atoms with E-state index < -0.39 is 0 Å². The summed E-state index contributed by atoms with van der Waals surface area (Å²) < 4.78 is 7.29. The smallest absolute Gasteiger partial charge is 0.326 e. The normalized spacial score (nSPS) is 11.1. The fourth-order valence-corrected chi connectivity index (χ4v) is 2.64. The average molecular weight is 307 g/mol. The lowest BCUT2D eigenvalue weighted by atomic mass is 10.0. The third-order valence-electron chi connectivity index (χ3n) is 4.00. The summed E-state index contributed by atoms with van der Waals surface area (Å²) in [6.45, 7) is 4.91. The van der Waals surface area contributed by atoms with E-state index in [0.717, 1.165) is 16.5 Å². The summed E-state index contributed by atoms with van der Waals surface area (Å²) in [4.78, 5) is 12.1. The molecule has 0 aliphatic rings. The van der Waals surface area contributed by atoms with Crippen molar-refractivity contribution in [2.45, 2.75) is 32.9 Å². The Morgan fingerprint density at radius 3 is 2.61 bits per heavy atom. The first-order valence-electron chi connectivity index (χ1n) is 7.92. The molecule has 3 aromatic rings. The van der Waals surface area contributed by atoms with Crippen LogP contribution in [0.4, 0.5) is 0 Å². The van der Waals surface area contributed by atoms with Gasteiger partial charge in [0, 0.05) is 11.7 Å². The van der Waals surface area contributed by atoms with E-state index in [9.17, 15) is 4.79 Å². The maximum absolute atomic E-state index is 12.1. The van der Waals surface area contributed by atoms with Crippen molar-refractivity contribution < 1.29 is 9.53 Å². The second kappa shape index (κ2) is 6.69. The summed E-state index contributed by atoms with van der Waals surface area (Å²) in [6.07, 6.45) is 1.94. The van der Waals surface area contributed by atoms with Gasteiger partial charge in [0.15, 0.2) is 0 Å². The van der Waals surface area contributed by atoms with E-state index >= 15 is 0 Å². The van der Waals surface area contributed by atoms with Crippen molar-refractivity contribution in [1.82, 2.24) is 4.57 Å². The van der Waals surface area contributed by atoms with Crippen LogP contribution in [0.25, 0.3) is 10.9 Å². The number of carbonyl (C=O) groups excluding carboxylic acids is 1. The van der Waals surface area contributed by atoms with Crippen LogP contribution in [0.1, 0.15) is 30.9 Å². The molecule has 3 heteroatoms. The number of hydrogen-bond acceptors (Lipinski definition) is 2. The maximum atomic E-state index is 12.1. The number of aromatic nitrogens is 1. The molecule has 1 heterocycles. The minimum absolute atomic E-state index is 0.223. The number of nitrogens with zero attached hydrogens (tertiary/aromatic N) is 1. The van der Waals surface area contributed by atoms with Crippen molar-refractivity contribution in [2.75, 3.05) is 0 Å². The minimum atomic E-state index is -0.223. The second-order valence-electron chi connectivity index (χ2n) is 6.06. The highest BCUT2D eigenvalue weighted by Gasteiger charge is 2.09. The number of carbonyl (C=O) groups is 1. The molecule has 0 amide bonds. The van der Waals surface area contributed by atoms with Crippen molar-refractivity contribution in [3.63, 3.8) is 0 Å². The van der Waals surface area contributed by atoms with Gasteiger partial charge >= 0.3 is 5.97 Å². The lowest BCUT2D eigenvalue weighted by Crippen LogP contribution is -2.12. The predicted molar refractivity (Wildman–Crippen MR) is 92.3 cm³/mol. The van der Waals surface area contributed by atoms with Crippen LogP contribution in [0.3, 0.4) is 0 Å². The molecule has 0 saturated heterocycles. The molecule has 0 N–H and O–H groups in total. The monoisotopic (exact) mass is 307 g/mol. The maximum Gasteiger partial charge on any atom is 0.326 e. The van der Waals surface area contributed by atoms with Crippen LogP contribution in [-0.2, 0) is 22.7 Å². The van der Waals surface area contributed by atoms with Crippen LogP contribution >= 0.6 is 0 Å². The molecule has 0 atom stereocenters. The summed E-state index contributed by atoms with van der Waals surface area (Å²) in [7, 11) is 0. The van der Waals surface area contributed by atoms with Gasteiger partial charge in [-0.2, -0.15) is 0 Å². The van der Waals surface area contributed by atoms with Gasteiger partial charge in [0.05, 0.1) is 0 Å². The summed E-state index contributed by atoms with van der Waals surface area (Å²) >= 11 is 0. The van der Waals surface area contributed by atoms with Crippen molar-refractivity contribution in [3.05, 3.63) is 71.9 Å². The van der Waals surface area contributed by atoms with Crippen LogP contribution < -0.4 is 0 Å². The van der Waals surface area contributed by atoms with Crippen LogP contribution in [0.2, 0.25) is 0 Å². The summed E-state index contributed by atoms with van der Waals surface area (Å²) in [5.74, 6) is 0.276. The Morgan fingerprint density at radius 1 is 1.09 bits per heavy atom. The number of hydrogen-bond donors (Lipinski definition) is 0. The topological polar surface area (TPSA) is 31.2 Å². The van der Waals surface area contributed by atoms with Gasteiger partial charge in [-0.15, -0.1) is 0 Å². The molecule has 0 radical (unpaired) electrons. The standard InChI is InChI=1S/C20H21NO2/c1-15(2)17-8-9-19-18(12-17)10-11-21(19)13-20(22)23-14-16-6-4-3-5-7-16/h3-12,15H,13-14H2,1-2H3. The fourth-order valence-electron chi connectivity index (χ4n) is 2.64. The van der Waals surface area contributed by atoms with Gasteiger partial charge < -0.3 is 9.30 Å². The largest absolute Gasteiger partial charge is 0.459 e. The molecular formula is C20H21NO2. The van der Waals surface area contributed by atoms with Gasteiger partial charge in [0.2, 0.25) is 0 Å². The molecule has 23 heavy (non-hydrogen) atoms. The zero-order chi connectivity index (χ0) is 16.2.